The summed E-state index contributed by atoms with van der Waals surface area (Å²) in [4.78, 5) is 7.29. The van der Waals surface area contributed by atoms with Gasteiger partial charge in [-0.15, -0.1) is 24.0 Å². The lowest BCUT2D eigenvalue weighted by atomic mass is 9.93. The highest BCUT2D eigenvalue weighted by atomic mass is 127. The molecule has 3 N–H and O–H groups in total. The molecule has 7 heteroatoms. The van der Waals surface area contributed by atoms with Crippen molar-refractivity contribution >= 4 is 47.2 Å². The van der Waals surface area contributed by atoms with Crippen LogP contribution in [-0.2, 0) is 0 Å². The van der Waals surface area contributed by atoms with Crippen LogP contribution in [0.2, 0.25) is 5.02 Å². The topological polar surface area (TPSA) is 59.9 Å². The molecule has 1 aliphatic heterocycles. The van der Waals surface area contributed by atoms with Crippen LogP contribution in [-0.4, -0.2) is 49.4 Å². The third-order valence-electron chi connectivity index (χ3n) is 5.69. The molecule has 2 aliphatic rings. The zero-order valence-corrected chi connectivity index (χ0v) is 20.0. The lowest BCUT2D eigenvalue weighted by molar-refractivity contribution is 0.120. The van der Waals surface area contributed by atoms with E-state index in [2.05, 4.69) is 41.5 Å². The molecule has 1 saturated heterocycles. The number of hydrogen-bond donors (Lipinski definition) is 3. The van der Waals surface area contributed by atoms with Crippen molar-refractivity contribution in [2.24, 2.45) is 10.9 Å². The van der Waals surface area contributed by atoms with Crippen LogP contribution < -0.4 is 15.5 Å². The van der Waals surface area contributed by atoms with Crippen molar-refractivity contribution in [3.05, 3.63) is 28.8 Å². The van der Waals surface area contributed by atoms with E-state index in [0.29, 0.717) is 12.0 Å². The lowest BCUT2D eigenvalue weighted by Gasteiger charge is -2.27. The molecule has 0 aromatic heterocycles. The Hall–Kier alpha value is -0.730. The van der Waals surface area contributed by atoms with Crippen LogP contribution in [0.4, 0.5) is 5.69 Å². The molecule has 1 heterocycles. The number of benzene rings is 1. The number of aliphatic hydroxyl groups excluding tert-OH is 1. The van der Waals surface area contributed by atoms with Crippen LogP contribution in [0.1, 0.15) is 44.6 Å². The molecular formula is C21H34ClIN4O. The number of aliphatic imine (C=N–C) groups is 1. The molecule has 1 unspecified atom stereocenters. The Labute approximate surface area is 191 Å². The molecule has 1 atom stereocenters. The van der Waals surface area contributed by atoms with Crippen molar-refractivity contribution in [1.82, 2.24) is 10.6 Å². The smallest absolute Gasteiger partial charge is 0.191 e. The van der Waals surface area contributed by atoms with Crippen LogP contribution >= 0.6 is 35.6 Å². The summed E-state index contributed by atoms with van der Waals surface area (Å²) in [7, 11) is 0. The minimum Gasteiger partial charge on any atom is -0.393 e. The van der Waals surface area contributed by atoms with Gasteiger partial charge in [-0.2, -0.15) is 0 Å². The number of nitrogens with one attached hydrogen (secondary N) is 2. The maximum absolute atomic E-state index is 9.68. The minimum absolute atomic E-state index is 0. The van der Waals surface area contributed by atoms with Crippen molar-refractivity contribution in [2.75, 3.05) is 31.1 Å². The Morgan fingerprint density at radius 2 is 2.00 bits per heavy atom. The van der Waals surface area contributed by atoms with E-state index < -0.39 is 0 Å². The summed E-state index contributed by atoms with van der Waals surface area (Å²) in [6.07, 6.45) is 4.82. The van der Waals surface area contributed by atoms with E-state index in [4.69, 9.17) is 16.6 Å². The SMILES string of the molecule is CCNC(=NCC1CCN(c2cc(Cl)ccc2C)C1)NC1CCC(O)CC1.I. The van der Waals surface area contributed by atoms with Crippen molar-refractivity contribution in [2.45, 2.75) is 58.1 Å². The van der Waals surface area contributed by atoms with Crippen molar-refractivity contribution in [3.8, 4) is 0 Å². The van der Waals surface area contributed by atoms with E-state index in [0.717, 1.165) is 69.3 Å². The fraction of sp³-hybridized carbons (Fsp3) is 0.667. The van der Waals surface area contributed by atoms with Gasteiger partial charge in [0.25, 0.3) is 0 Å². The number of aliphatic hydroxyl groups is 1. The Bertz CT molecular complexity index is 649. The molecule has 28 heavy (non-hydrogen) atoms. The van der Waals surface area contributed by atoms with Gasteiger partial charge < -0.3 is 20.6 Å². The number of rotatable bonds is 5. The van der Waals surface area contributed by atoms with Crippen LogP contribution in [0.3, 0.4) is 0 Å². The first-order valence-corrected chi connectivity index (χ1v) is 10.7. The van der Waals surface area contributed by atoms with Crippen molar-refractivity contribution in [3.63, 3.8) is 0 Å². The Kier molecular flexibility index (Phi) is 9.63. The van der Waals surface area contributed by atoms with Gasteiger partial charge in [0.15, 0.2) is 5.96 Å². The summed E-state index contributed by atoms with van der Waals surface area (Å²) in [6, 6.07) is 6.54. The normalized spacial score (nSPS) is 25.4. The molecule has 0 amide bonds. The van der Waals surface area contributed by atoms with Gasteiger partial charge in [0.05, 0.1) is 6.10 Å². The van der Waals surface area contributed by atoms with Crippen LogP contribution in [0.25, 0.3) is 0 Å². The lowest BCUT2D eigenvalue weighted by Crippen LogP contribution is -2.45. The second-order valence-corrected chi connectivity index (χ2v) is 8.34. The Morgan fingerprint density at radius 3 is 2.71 bits per heavy atom. The van der Waals surface area contributed by atoms with Gasteiger partial charge in [-0.1, -0.05) is 17.7 Å². The average molecular weight is 521 g/mol. The molecule has 0 spiro atoms. The number of aryl methyl sites for hydroxylation is 1. The van der Waals surface area contributed by atoms with E-state index in [9.17, 15) is 5.11 Å². The second-order valence-electron chi connectivity index (χ2n) is 7.90. The molecule has 2 fully saturated rings. The Morgan fingerprint density at radius 1 is 1.25 bits per heavy atom. The van der Waals surface area contributed by atoms with Crippen molar-refractivity contribution in [1.29, 1.82) is 0 Å². The molecule has 1 aromatic carbocycles. The maximum Gasteiger partial charge on any atom is 0.191 e. The molecule has 1 saturated carbocycles. The van der Waals surface area contributed by atoms with Gasteiger partial charge in [0.1, 0.15) is 0 Å². The summed E-state index contributed by atoms with van der Waals surface area (Å²) >= 11 is 6.19. The minimum atomic E-state index is -0.123. The van der Waals surface area contributed by atoms with E-state index in [1.807, 2.05) is 6.07 Å². The summed E-state index contributed by atoms with van der Waals surface area (Å²) < 4.78 is 0. The molecule has 1 aliphatic carbocycles. The Balaban J connectivity index is 0.00000280. The van der Waals surface area contributed by atoms with Crippen molar-refractivity contribution < 1.29 is 5.11 Å². The van der Waals surface area contributed by atoms with Gasteiger partial charge in [-0.25, -0.2) is 0 Å². The van der Waals surface area contributed by atoms with Crippen LogP contribution in [0.5, 0.6) is 0 Å². The zero-order valence-electron chi connectivity index (χ0n) is 17.0. The van der Waals surface area contributed by atoms with Gasteiger partial charge in [-0.3, -0.25) is 4.99 Å². The summed E-state index contributed by atoms with van der Waals surface area (Å²) in [5.41, 5.74) is 2.53. The fourth-order valence-corrected chi connectivity index (χ4v) is 4.24. The van der Waals surface area contributed by atoms with Crippen LogP contribution in [0.15, 0.2) is 23.2 Å². The van der Waals surface area contributed by atoms with Crippen LogP contribution in [0, 0.1) is 12.8 Å². The first-order valence-electron chi connectivity index (χ1n) is 10.3. The molecule has 5 nitrogen and oxygen atoms in total. The average Bonchev–Trinajstić information content (AvgIpc) is 3.12. The third-order valence-corrected chi connectivity index (χ3v) is 5.92. The number of guanidine groups is 1. The molecule has 158 valence electrons. The van der Waals surface area contributed by atoms with E-state index in [1.54, 1.807) is 0 Å². The highest BCUT2D eigenvalue weighted by molar-refractivity contribution is 14.0. The number of anilines is 1. The summed E-state index contributed by atoms with van der Waals surface area (Å²) in [6.45, 7) is 8.03. The highest BCUT2D eigenvalue weighted by Gasteiger charge is 2.24. The van der Waals surface area contributed by atoms with Gasteiger partial charge in [0.2, 0.25) is 0 Å². The highest BCUT2D eigenvalue weighted by Crippen LogP contribution is 2.29. The zero-order chi connectivity index (χ0) is 19.2. The third kappa shape index (κ3) is 6.66. The monoisotopic (exact) mass is 520 g/mol. The van der Waals surface area contributed by atoms with E-state index >= 15 is 0 Å². The molecular weight excluding hydrogens is 487 g/mol. The summed E-state index contributed by atoms with van der Waals surface area (Å²) in [5.74, 6) is 1.48. The van der Waals surface area contributed by atoms with E-state index in [1.165, 1.54) is 11.3 Å². The molecule has 0 bridgehead atoms. The largest absolute Gasteiger partial charge is 0.393 e. The predicted octanol–water partition coefficient (Wildman–Crippen LogP) is 3.95. The van der Waals surface area contributed by atoms with Gasteiger partial charge in [-0.05, 0) is 69.6 Å². The first kappa shape index (κ1) is 23.5. The standard InChI is InChI=1S/C21H33ClN4O.HI/c1-3-23-21(25-18-6-8-19(27)9-7-18)24-13-16-10-11-26(14-16)20-12-17(22)5-4-15(20)2;/h4-5,12,16,18-19,27H,3,6-11,13-14H2,1-2H3,(H2,23,24,25);1H. The number of halogens is 2. The van der Waals surface area contributed by atoms with Gasteiger partial charge in [0, 0.05) is 42.9 Å². The molecule has 3 rings (SSSR count). The van der Waals surface area contributed by atoms with Gasteiger partial charge >= 0.3 is 0 Å². The molecule has 0 radical (unpaired) electrons. The second kappa shape index (κ2) is 11.5. The summed E-state index contributed by atoms with van der Waals surface area (Å²) in [5, 5.41) is 17.4. The maximum atomic E-state index is 9.68. The fourth-order valence-electron chi connectivity index (χ4n) is 4.08. The predicted molar refractivity (Wildman–Crippen MR) is 129 cm³/mol. The number of nitrogens with zero attached hydrogens (tertiary/aromatic N) is 2. The molecule has 1 aromatic rings. The quantitative estimate of drug-likeness (QED) is 0.313. The number of hydrogen-bond acceptors (Lipinski definition) is 3. The van der Waals surface area contributed by atoms with E-state index in [-0.39, 0.29) is 30.1 Å². The first-order chi connectivity index (χ1) is 13.0.